The van der Waals surface area contributed by atoms with Gasteiger partial charge in [0.1, 0.15) is 5.75 Å². The van der Waals surface area contributed by atoms with E-state index in [1.54, 1.807) is 0 Å². The van der Waals surface area contributed by atoms with Gasteiger partial charge < -0.3 is 20.1 Å². The molecule has 1 aromatic rings. The van der Waals surface area contributed by atoms with Gasteiger partial charge in [0.25, 0.3) is 0 Å². The topological polar surface area (TPSA) is 54.9 Å². The molecule has 4 rings (SSSR count). The highest BCUT2D eigenvalue weighted by atomic mass is 16.5. The van der Waals surface area contributed by atoms with Gasteiger partial charge in [0.05, 0.1) is 18.8 Å². The lowest BCUT2D eigenvalue weighted by molar-refractivity contribution is -0.168. The Morgan fingerprint density at radius 3 is 2.88 bits per heavy atom. The zero-order valence-electron chi connectivity index (χ0n) is 15.3. The summed E-state index contributed by atoms with van der Waals surface area (Å²) in [5.74, 6) is 1.88. The molecular weight excluding hydrogens is 314 g/mol. The van der Waals surface area contributed by atoms with Gasteiger partial charge in [-0.05, 0) is 32.3 Å². The lowest BCUT2D eigenvalue weighted by Crippen LogP contribution is -2.68. The molecule has 1 spiro atoms. The van der Waals surface area contributed by atoms with Crippen LogP contribution in [-0.2, 0) is 4.74 Å². The normalized spacial score (nSPS) is 29.8. The van der Waals surface area contributed by atoms with Gasteiger partial charge in [0.2, 0.25) is 0 Å². The number of rotatable bonds is 4. The van der Waals surface area contributed by atoms with Gasteiger partial charge in [-0.2, -0.15) is 0 Å². The average Bonchev–Trinajstić information content (AvgIpc) is 2.58. The van der Waals surface area contributed by atoms with Crippen molar-refractivity contribution in [1.29, 1.82) is 0 Å². The predicted molar refractivity (Wildman–Crippen MR) is 99.0 cm³/mol. The summed E-state index contributed by atoms with van der Waals surface area (Å²) in [4.78, 5) is 4.48. The number of fused-ring (bicyclic) bond motifs is 1. The van der Waals surface area contributed by atoms with Crippen molar-refractivity contribution >= 4 is 5.96 Å². The third-order valence-corrected chi connectivity index (χ3v) is 6.24. The molecule has 2 fully saturated rings. The molecule has 0 amide bonds. The van der Waals surface area contributed by atoms with Gasteiger partial charge in [-0.1, -0.05) is 24.6 Å². The first-order valence-corrected chi connectivity index (χ1v) is 9.60. The van der Waals surface area contributed by atoms with E-state index < -0.39 is 0 Å². The second-order valence-corrected chi connectivity index (χ2v) is 7.41. The molecule has 0 radical (unpaired) electrons. The summed E-state index contributed by atoms with van der Waals surface area (Å²) in [7, 11) is 1.85. The lowest BCUT2D eigenvalue weighted by atomic mass is 9.51. The molecule has 5 heteroatoms. The highest BCUT2D eigenvalue weighted by Gasteiger charge is 2.59. The first-order chi connectivity index (χ1) is 12.3. The molecule has 5 nitrogen and oxygen atoms in total. The van der Waals surface area contributed by atoms with Crippen LogP contribution in [0.15, 0.2) is 29.3 Å². The van der Waals surface area contributed by atoms with E-state index in [2.05, 4.69) is 34.7 Å². The number of nitrogens with one attached hydrogen (secondary N) is 2. The lowest BCUT2D eigenvalue weighted by Gasteiger charge is -2.61. The SMILES string of the molecule is CCOC1CC(NC(=NC)NC2CCOc3ccccc32)C12CCC2. The van der Waals surface area contributed by atoms with E-state index >= 15 is 0 Å². The Hall–Kier alpha value is -1.75. The fourth-order valence-electron chi connectivity index (χ4n) is 4.63. The van der Waals surface area contributed by atoms with Crippen LogP contribution in [0.1, 0.15) is 50.6 Å². The van der Waals surface area contributed by atoms with E-state index in [4.69, 9.17) is 9.47 Å². The van der Waals surface area contributed by atoms with Gasteiger partial charge in [-0.3, -0.25) is 4.99 Å². The molecule has 3 atom stereocenters. The van der Waals surface area contributed by atoms with Crippen molar-refractivity contribution in [2.24, 2.45) is 10.4 Å². The summed E-state index contributed by atoms with van der Waals surface area (Å²) in [6.45, 7) is 3.65. The van der Waals surface area contributed by atoms with Crippen LogP contribution in [0.3, 0.4) is 0 Å². The summed E-state index contributed by atoms with van der Waals surface area (Å²) >= 11 is 0. The molecule has 1 heterocycles. The number of ether oxygens (including phenoxy) is 2. The van der Waals surface area contributed by atoms with Crippen molar-refractivity contribution < 1.29 is 9.47 Å². The van der Waals surface area contributed by atoms with Crippen molar-refractivity contribution in [3.05, 3.63) is 29.8 Å². The van der Waals surface area contributed by atoms with E-state index in [0.717, 1.165) is 37.8 Å². The highest BCUT2D eigenvalue weighted by Crippen LogP contribution is 2.57. The van der Waals surface area contributed by atoms with Crippen LogP contribution in [-0.4, -0.2) is 38.4 Å². The minimum atomic E-state index is 0.247. The van der Waals surface area contributed by atoms with Crippen LogP contribution in [0.25, 0.3) is 0 Å². The molecule has 136 valence electrons. The predicted octanol–water partition coefficient (Wildman–Crippen LogP) is 3.02. The summed E-state index contributed by atoms with van der Waals surface area (Å²) in [6, 6.07) is 9.00. The van der Waals surface area contributed by atoms with E-state index in [1.807, 2.05) is 19.2 Å². The van der Waals surface area contributed by atoms with Crippen LogP contribution in [0.2, 0.25) is 0 Å². The number of benzene rings is 1. The first-order valence-electron chi connectivity index (χ1n) is 9.60. The molecule has 0 aromatic heterocycles. The van der Waals surface area contributed by atoms with Crippen molar-refractivity contribution in [1.82, 2.24) is 10.6 Å². The maximum Gasteiger partial charge on any atom is 0.191 e. The van der Waals surface area contributed by atoms with Crippen LogP contribution in [0.5, 0.6) is 5.75 Å². The molecule has 3 unspecified atom stereocenters. The van der Waals surface area contributed by atoms with E-state index in [-0.39, 0.29) is 6.04 Å². The van der Waals surface area contributed by atoms with Crippen molar-refractivity contribution in [3.8, 4) is 5.75 Å². The van der Waals surface area contributed by atoms with Crippen molar-refractivity contribution in [2.45, 2.75) is 57.2 Å². The number of nitrogens with zero attached hydrogens (tertiary/aromatic N) is 1. The molecule has 25 heavy (non-hydrogen) atoms. The number of hydrogen-bond donors (Lipinski definition) is 2. The van der Waals surface area contributed by atoms with Crippen LogP contribution in [0, 0.1) is 5.41 Å². The number of aliphatic imine (C=N–C) groups is 1. The Morgan fingerprint density at radius 1 is 1.32 bits per heavy atom. The zero-order chi connectivity index (χ0) is 17.3. The molecule has 2 N–H and O–H groups in total. The molecular formula is C20H29N3O2. The van der Waals surface area contributed by atoms with Crippen LogP contribution < -0.4 is 15.4 Å². The highest BCUT2D eigenvalue weighted by molar-refractivity contribution is 5.81. The maximum atomic E-state index is 5.96. The summed E-state index contributed by atoms with van der Waals surface area (Å²) in [5, 5.41) is 7.29. The fourth-order valence-corrected chi connectivity index (χ4v) is 4.63. The Kier molecular flexibility index (Phi) is 4.59. The number of hydrogen-bond acceptors (Lipinski definition) is 3. The van der Waals surface area contributed by atoms with E-state index in [0.29, 0.717) is 17.6 Å². The molecule has 0 saturated heterocycles. The Morgan fingerprint density at radius 2 is 2.16 bits per heavy atom. The third kappa shape index (κ3) is 2.88. The second kappa shape index (κ2) is 6.87. The van der Waals surface area contributed by atoms with Crippen molar-refractivity contribution in [3.63, 3.8) is 0 Å². The van der Waals surface area contributed by atoms with Gasteiger partial charge in [-0.25, -0.2) is 0 Å². The monoisotopic (exact) mass is 343 g/mol. The minimum Gasteiger partial charge on any atom is -0.493 e. The standard InChI is InChI=1S/C20H29N3O2/c1-3-24-18-13-17(20(18)10-6-11-20)23-19(21-2)22-15-9-12-25-16-8-5-4-7-14(15)16/h4-5,7-8,15,17-18H,3,6,9-13H2,1-2H3,(H2,21,22,23). The minimum absolute atomic E-state index is 0.247. The summed E-state index contributed by atoms with van der Waals surface area (Å²) in [6.07, 6.45) is 6.32. The quantitative estimate of drug-likeness (QED) is 0.652. The molecule has 2 aliphatic carbocycles. The fraction of sp³-hybridized carbons (Fsp3) is 0.650. The average molecular weight is 343 g/mol. The Bertz CT molecular complexity index is 642. The first kappa shape index (κ1) is 16.7. The molecule has 1 aliphatic heterocycles. The second-order valence-electron chi connectivity index (χ2n) is 7.41. The smallest absolute Gasteiger partial charge is 0.191 e. The maximum absolute atomic E-state index is 5.96. The molecule has 3 aliphatic rings. The number of guanidine groups is 1. The van der Waals surface area contributed by atoms with E-state index in [1.165, 1.54) is 24.8 Å². The number of para-hydroxylation sites is 1. The van der Waals surface area contributed by atoms with Gasteiger partial charge in [-0.15, -0.1) is 0 Å². The van der Waals surface area contributed by atoms with Gasteiger partial charge in [0.15, 0.2) is 5.96 Å². The molecule has 2 saturated carbocycles. The molecule has 1 aromatic carbocycles. The van der Waals surface area contributed by atoms with E-state index in [9.17, 15) is 0 Å². The van der Waals surface area contributed by atoms with Crippen molar-refractivity contribution in [2.75, 3.05) is 20.3 Å². The van der Waals surface area contributed by atoms with Gasteiger partial charge >= 0.3 is 0 Å². The third-order valence-electron chi connectivity index (χ3n) is 6.24. The zero-order valence-corrected chi connectivity index (χ0v) is 15.3. The van der Waals surface area contributed by atoms with Crippen LogP contribution in [0.4, 0.5) is 0 Å². The summed E-state index contributed by atoms with van der Waals surface area (Å²) in [5.41, 5.74) is 1.55. The largest absolute Gasteiger partial charge is 0.493 e. The summed E-state index contributed by atoms with van der Waals surface area (Å²) < 4.78 is 11.7. The molecule has 0 bridgehead atoms. The Balaban J connectivity index is 1.41. The van der Waals surface area contributed by atoms with Gasteiger partial charge in [0, 0.05) is 37.1 Å². The van der Waals surface area contributed by atoms with Crippen LogP contribution >= 0.6 is 0 Å². The Labute approximate surface area is 150 Å².